The van der Waals surface area contributed by atoms with E-state index in [0.29, 0.717) is 0 Å². The number of imidazole rings is 2. The Morgan fingerprint density at radius 1 is 0.207 bits per heavy atom. The predicted molar refractivity (Wildman–Crippen MR) is 387 cm³/mol. The van der Waals surface area contributed by atoms with Crippen LogP contribution in [0.5, 0.6) is 0 Å². The Hall–Kier alpha value is -12.2. The number of para-hydroxylation sites is 3. The van der Waals surface area contributed by atoms with Gasteiger partial charge in [-0.1, -0.05) is 279 Å². The lowest BCUT2D eigenvalue weighted by Crippen LogP contribution is -1.98. The van der Waals surface area contributed by atoms with Crippen molar-refractivity contribution in [2.45, 2.75) is 0 Å². The molecule has 4 heteroatoms. The Kier molecular flexibility index (Phi) is 12.5. The molecule has 18 rings (SSSR count). The second-order valence-corrected chi connectivity index (χ2v) is 23.9. The number of nitrogens with zero attached hydrogens (tertiary/aromatic N) is 4. The van der Waals surface area contributed by atoms with E-state index in [-0.39, 0.29) is 0 Å². The predicted octanol–water partition coefficient (Wildman–Crippen LogP) is 23.5. The van der Waals surface area contributed by atoms with Crippen LogP contribution in [0.25, 0.3) is 177 Å². The first kappa shape index (κ1) is 52.8. The van der Waals surface area contributed by atoms with Crippen molar-refractivity contribution in [1.82, 2.24) is 19.1 Å². The summed E-state index contributed by atoms with van der Waals surface area (Å²) >= 11 is 0. The largest absolute Gasteiger partial charge is 0.292 e. The van der Waals surface area contributed by atoms with Gasteiger partial charge in [-0.15, -0.1) is 0 Å². The smallest absolute Gasteiger partial charge is 0.145 e. The Morgan fingerprint density at radius 2 is 0.609 bits per heavy atom. The number of aromatic nitrogens is 4. The molecule has 0 aliphatic carbocycles. The molecule has 0 saturated carbocycles. The van der Waals surface area contributed by atoms with E-state index in [9.17, 15) is 0 Å². The maximum atomic E-state index is 5.66. The van der Waals surface area contributed by atoms with Crippen LogP contribution in [0.2, 0.25) is 0 Å². The molecule has 18 aromatic rings. The zero-order chi connectivity index (χ0) is 60.6. The first-order valence-corrected chi connectivity index (χ1v) is 31.5. The fraction of sp³-hybridized carbons (Fsp3) is 0. The zero-order valence-corrected chi connectivity index (χ0v) is 50.1. The molecule has 4 nitrogen and oxygen atoms in total. The van der Waals surface area contributed by atoms with Crippen LogP contribution >= 0.6 is 0 Å². The van der Waals surface area contributed by atoms with Crippen LogP contribution in [0.15, 0.2) is 340 Å². The molecular formula is C88H56N4. The van der Waals surface area contributed by atoms with Crippen molar-refractivity contribution in [3.05, 3.63) is 340 Å². The molecule has 0 aliphatic rings. The van der Waals surface area contributed by atoms with Gasteiger partial charge in [-0.3, -0.25) is 9.13 Å². The highest BCUT2D eigenvalue weighted by Gasteiger charge is 2.23. The third kappa shape index (κ3) is 8.76. The van der Waals surface area contributed by atoms with Crippen LogP contribution in [0.1, 0.15) is 0 Å². The Balaban J connectivity index is 0.772. The van der Waals surface area contributed by atoms with E-state index in [1.165, 1.54) is 92.8 Å². The van der Waals surface area contributed by atoms with E-state index >= 15 is 0 Å². The molecule has 0 aliphatic heterocycles. The van der Waals surface area contributed by atoms with Gasteiger partial charge in [0.1, 0.15) is 11.6 Å². The molecule has 92 heavy (non-hydrogen) atoms. The highest BCUT2D eigenvalue weighted by Crippen LogP contribution is 2.48. The van der Waals surface area contributed by atoms with Gasteiger partial charge in [0, 0.05) is 28.1 Å². The van der Waals surface area contributed by atoms with Crippen LogP contribution in [0.4, 0.5) is 0 Å². The highest BCUT2D eigenvalue weighted by molar-refractivity contribution is 6.23. The molecule has 0 spiro atoms. The highest BCUT2D eigenvalue weighted by atomic mass is 15.1. The molecule has 0 unspecified atom stereocenters. The van der Waals surface area contributed by atoms with Crippen LogP contribution in [0.3, 0.4) is 0 Å². The van der Waals surface area contributed by atoms with Crippen LogP contribution in [0, 0.1) is 0 Å². The van der Waals surface area contributed by atoms with Gasteiger partial charge < -0.3 is 0 Å². The summed E-state index contributed by atoms with van der Waals surface area (Å²) in [5.74, 6) is 1.80. The summed E-state index contributed by atoms with van der Waals surface area (Å²) in [6.45, 7) is 0. The molecule has 0 fully saturated rings. The normalized spacial score (nSPS) is 11.7. The average Bonchev–Trinajstić information content (AvgIpc) is 0.852. The number of fused-ring (bicyclic) bond motifs is 7. The van der Waals surface area contributed by atoms with Crippen molar-refractivity contribution < 1.29 is 0 Å². The minimum Gasteiger partial charge on any atom is -0.292 e. The summed E-state index contributed by atoms with van der Waals surface area (Å²) in [7, 11) is 0. The maximum absolute atomic E-state index is 5.66. The fourth-order valence-electron chi connectivity index (χ4n) is 14.5. The standard InChI is InChI=1S/C88H56N4/c1-4-22-57(23-5-1)64-48-53-77-78(56-64)83(60-46-49-68(50-47-60)91-80-40-19-18-39-79(80)89-87(91)61-25-6-2-7-26-61)73-34-14-17-37-76(73)84(77)66-31-20-30-65(55-66)70-38-21-41-81-86(70)90-88(62-27-8-3-9-28-62)92(81)69-51-44-59(45-52-69)82-71-32-12-15-35-74(71)85(75-36-16-13-33-72(75)82)67-43-42-58-24-10-11-29-63(58)54-67/h1-56H. The number of hydrogen-bond donors (Lipinski definition) is 0. The average molecular weight is 1170 g/mol. The minimum absolute atomic E-state index is 0.887. The monoisotopic (exact) mass is 1170 g/mol. The second-order valence-electron chi connectivity index (χ2n) is 23.9. The van der Waals surface area contributed by atoms with Crippen LogP contribution in [-0.4, -0.2) is 19.1 Å². The van der Waals surface area contributed by atoms with E-state index in [4.69, 9.17) is 9.97 Å². The fourth-order valence-corrected chi connectivity index (χ4v) is 14.5. The van der Waals surface area contributed by atoms with Gasteiger partial charge in [0.05, 0.1) is 22.1 Å². The van der Waals surface area contributed by atoms with E-state index in [0.717, 1.165) is 84.0 Å². The van der Waals surface area contributed by atoms with Gasteiger partial charge in [0.15, 0.2) is 0 Å². The molecule has 2 aromatic heterocycles. The quantitative estimate of drug-likeness (QED) is 0.128. The summed E-state index contributed by atoms with van der Waals surface area (Å²) < 4.78 is 4.63. The zero-order valence-electron chi connectivity index (χ0n) is 50.1. The number of hydrogen-bond acceptors (Lipinski definition) is 2. The Morgan fingerprint density at radius 3 is 1.21 bits per heavy atom. The van der Waals surface area contributed by atoms with Crippen molar-refractivity contribution >= 4 is 75.9 Å². The lowest BCUT2D eigenvalue weighted by molar-refractivity contribution is 1.10. The molecule has 0 bridgehead atoms. The number of rotatable bonds is 10. The third-order valence-corrected chi connectivity index (χ3v) is 18.7. The molecule has 16 aromatic carbocycles. The summed E-state index contributed by atoms with van der Waals surface area (Å²) in [4.78, 5) is 10.8. The van der Waals surface area contributed by atoms with Gasteiger partial charge in [0.2, 0.25) is 0 Å². The van der Waals surface area contributed by atoms with E-state index in [1.807, 2.05) is 0 Å². The van der Waals surface area contributed by atoms with Crippen molar-refractivity contribution in [2.24, 2.45) is 0 Å². The molecule has 2 heterocycles. The SMILES string of the molecule is c1ccc(-c2ccc3c(-c4cccc(-c5cccc6c5nc(-c5ccccc5)n6-c5ccc(-c6c7ccccc7c(-c7ccc8ccccc8c7)c7ccccc67)cc5)c4)c4ccccc4c(-c4ccc(-n5c(-c6ccccc6)nc6ccccc65)cc4)c3c2)cc1. The van der Waals surface area contributed by atoms with Crippen molar-refractivity contribution in [2.75, 3.05) is 0 Å². The summed E-state index contributed by atoms with van der Waals surface area (Å²) in [6.07, 6.45) is 0. The minimum atomic E-state index is 0.887. The van der Waals surface area contributed by atoms with Crippen molar-refractivity contribution in [3.8, 4) is 101 Å². The van der Waals surface area contributed by atoms with Gasteiger partial charge in [-0.25, -0.2) is 9.97 Å². The van der Waals surface area contributed by atoms with E-state index in [1.54, 1.807) is 0 Å². The molecule has 0 amide bonds. The Bertz CT molecular complexity index is 5850. The van der Waals surface area contributed by atoms with Crippen LogP contribution in [-0.2, 0) is 0 Å². The van der Waals surface area contributed by atoms with E-state index < -0.39 is 0 Å². The number of benzene rings is 16. The molecule has 0 atom stereocenters. The first-order chi connectivity index (χ1) is 45.6. The van der Waals surface area contributed by atoms with E-state index in [2.05, 4.69) is 349 Å². The maximum Gasteiger partial charge on any atom is 0.145 e. The third-order valence-electron chi connectivity index (χ3n) is 18.7. The lowest BCUT2D eigenvalue weighted by Gasteiger charge is -2.19. The van der Waals surface area contributed by atoms with Gasteiger partial charge >= 0.3 is 0 Å². The van der Waals surface area contributed by atoms with Crippen molar-refractivity contribution in [1.29, 1.82) is 0 Å². The molecule has 0 N–H and O–H groups in total. The van der Waals surface area contributed by atoms with Crippen LogP contribution < -0.4 is 0 Å². The second kappa shape index (κ2) is 21.8. The van der Waals surface area contributed by atoms with Crippen molar-refractivity contribution in [3.63, 3.8) is 0 Å². The molecule has 428 valence electrons. The lowest BCUT2D eigenvalue weighted by atomic mass is 9.84. The molecular weight excluding hydrogens is 1110 g/mol. The summed E-state index contributed by atoms with van der Waals surface area (Å²) in [5.41, 5.74) is 22.3. The molecule has 0 saturated heterocycles. The Labute approximate surface area is 532 Å². The summed E-state index contributed by atoms with van der Waals surface area (Å²) in [6, 6.07) is 124. The van der Waals surface area contributed by atoms with Gasteiger partial charge in [0.25, 0.3) is 0 Å². The summed E-state index contributed by atoms with van der Waals surface area (Å²) in [5, 5.41) is 12.2. The molecule has 0 radical (unpaired) electrons. The topological polar surface area (TPSA) is 35.6 Å². The first-order valence-electron chi connectivity index (χ1n) is 31.5. The van der Waals surface area contributed by atoms with Gasteiger partial charge in [-0.05, 0) is 176 Å². The van der Waals surface area contributed by atoms with Gasteiger partial charge in [-0.2, -0.15) is 0 Å².